The molecule has 0 aromatic heterocycles. The zero-order valence-corrected chi connectivity index (χ0v) is 15.3. The lowest BCUT2D eigenvalue weighted by Crippen LogP contribution is -2.45. The molecule has 1 aliphatic heterocycles. The normalized spacial score (nSPS) is 16.2. The van der Waals surface area contributed by atoms with Crippen molar-refractivity contribution in [1.82, 2.24) is 10.2 Å². The number of ether oxygens (including phenoxy) is 2. The summed E-state index contributed by atoms with van der Waals surface area (Å²) in [5, 5.41) is 3.15. The number of benzene rings is 1. The summed E-state index contributed by atoms with van der Waals surface area (Å²) in [5.41, 5.74) is 0.611. The Hall–Kier alpha value is -1.75. The number of carbonyl (C=O) groups excluding carboxylic acids is 1. The largest absolute Gasteiger partial charge is 0.493 e. The van der Waals surface area contributed by atoms with Crippen LogP contribution in [-0.2, 0) is 0 Å². The summed E-state index contributed by atoms with van der Waals surface area (Å²) >= 11 is 0. The van der Waals surface area contributed by atoms with Crippen molar-refractivity contribution in [3.63, 3.8) is 0 Å². The summed E-state index contributed by atoms with van der Waals surface area (Å²) in [7, 11) is 1.59. The van der Waals surface area contributed by atoms with Gasteiger partial charge in [-0.3, -0.25) is 4.79 Å². The SMILES string of the molecule is CCOc1ccc(C(=O)NC2CCN(CC(C)C)CC2)cc1OC. The molecular formula is C19H30N2O3. The van der Waals surface area contributed by atoms with Gasteiger partial charge in [0.25, 0.3) is 5.91 Å². The molecule has 1 heterocycles. The quantitative estimate of drug-likeness (QED) is 0.833. The van der Waals surface area contributed by atoms with E-state index in [-0.39, 0.29) is 11.9 Å². The summed E-state index contributed by atoms with van der Waals surface area (Å²) in [5.74, 6) is 1.90. The van der Waals surface area contributed by atoms with Crippen LogP contribution in [0.4, 0.5) is 0 Å². The number of hydrogen-bond donors (Lipinski definition) is 1. The minimum atomic E-state index is -0.0429. The Morgan fingerprint density at radius 2 is 2.00 bits per heavy atom. The van der Waals surface area contributed by atoms with E-state index in [9.17, 15) is 4.79 Å². The van der Waals surface area contributed by atoms with Gasteiger partial charge in [0.15, 0.2) is 11.5 Å². The van der Waals surface area contributed by atoms with Gasteiger partial charge in [-0.05, 0) is 43.9 Å². The third-order valence-corrected chi connectivity index (χ3v) is 4.27. The number of nitrogens with zero attached hydrogens (tertiary/aromatic N) is 1. The number of rotatable bonds is 7. The first kappa shape index (κ1) is 18.6. The molecule has 24 heavy (non-hydrogen) atoms. The third-order valence-electron chi connectivity index (χ3n) is 4.27. The van der Waals surface area contributed by atoms with Crippen molar-refractivity contribution in [3.8, 4) is 11.5 Å². The molecule has 1 aromatic carbocycles. The summed E-state index contributed by atoms with van der Waals surface area (Å²) in [6.07, 6.45) is 2.01. The zero-order valence-electron chi connectivity index (χ0n) is 15.3. The second kappa shape index (κ2) is 8.92. The summed E-state index contributed by atoms with van der Waals surface area (Å²) in [6, 6.07) is 5.58. The van der Waals surface area contributed by atoms with Crippen molar-refractivity contribution in [1.29, 1.82) is 0 Å². The molecule has 1 aliphatic rings. The van der Waals surface area contributed by atoms with Crippen LogP contribution in [0.5, 0.6) is 11.5 Å². The molecule has 0 atom stereocenters. The van der Waals surface area contributed by atoms with E-state index in [1.807, 2.05) is 6.92 Å². The predicted molar refractivity (Wildman–Crippen MR) is 95.9 cm³/mol. The molecule has 1 N–H and O–H groups in total. The van der Waals surface area contributed by atoms with Crippen molar-refractivity contribution in [2.75, 3.05) is 33.4 Å². The van der Waals surface area contributed by atoms with Crippen LogP contribution in [0.15, 0.2) is 18.2 Å². The van der Waals surface area contributed by atoms with Crippen LogP contribution >= 0.6 is 0 Å². The van der Waals surface area contributed by atoms with Crippen molar-refractivity contribution >= 4 is 5.91 Å². The Bertz CT molecular complexity index is 537. The van der Waals surface area contributed by atoms with Crippen LogP contribution in [0, 0.1) is 5.92 Å². The number of amides is 1. The van der Waals surface area contributed by atoms with Gasteiger partial charge in [0.05, 0.1) is 13.7 Å². The highest BCUT2D eigenvalue weighted by Crippen LogP contribution is 2.28. The molecular weight excluding hydrogens is 304 g/mol. The highest BCUT2D eigenvalue weighted by Gasteiger charge is 2.22. The molecule has 0 saturated carbocycles. The maximum absolute atomic E-state index is 12.5. The standard InChI is InChI=1S/C19H30N2O3/c1-5-24-17-7-6-15(12-18(17)23-4)19(22)20-16-8-10-21(11-9-16)13-14(2)3/h6-7,12,14,16H,5,8-11,13H2,1-4H3,(H,20,22). The highest BCUT2D eigenvalue weighted by atomic mass is 16.5. The summed E-state index contributed by atoms with van der Waals surface area (Å²) in [6.45, 7) is 10.2. The van der Waals surface area contributed by atoms with Gasteiger partial charge in [-0.25, -0.2) is 0 Å². The van der Waals surface area contributed by atoms with Crippen molar-refractivity contribution in [3.05, 3.63) is 23.8 Å². The fraction of sp³-hybridized carbons (Fsp3) is 0.632. The Balaban J connectivity index is 1.91. The monoisotopic (exact) mass is 334 g/mol. The van der Waals surface area contributed by atoms with Gasteiger partial charge in [-0.1, -0.05) is 13.8 Å². The van der Waals surface area contributed by atoms with Crippen LogP contribution in [0.1, 0.15) is 44.0 Å². The second-order valence-electron chi connectivity index (χ2n) is 6.74. The molecule has 1 aromatic rings. The average molecular weight is 334 g/mol. The van der Waals surface area contributed by atoms with Gasteiger partial charge >= 0.3 is 0 Å². The highest BCUT2D eigenvalue weighted by molar-refractivity contribution is 5.95. The molecule has 134 valence electrons. The van der Waals surface area contributed by atoms with Crippen molar-refractivity contribution in [2.24, 2.45) is 5.92 Å². The smallest absolute Gasteiger partial charge is 0.251 e. The van der Waals surface area contributed by atoms with Crippen LogP contribution in [-0.4, -0.2) is 50.2 Å². The fourth-order valence-corrected chi connectivity index (χ4v) is 3.13. The van der Waals surface area contributed by atoms with Gasteiger partial charge < -0.3 is 19.7 Å². The molecule has 1 saturated heterocycles. The zero-order chi connectivity index (χ0) is 17.5. The summed E-state index contributed by atoms with van der Waals surface area (Å²) in [4.78, 5) is 15.0. The number of piperidine rings is 1. The Morgan fingerprint density at radius 3 is 2.58 bits per heavy atom. The molecule has 1 fully saturated rings. The van der Waals surface area contributed by atoms with Gasteiger partial charge in [0.1, 0.15) is 0 Å². The topological polar surface area (TPSA) is 50.8 Å². The van der Waals surface area contributed by atoms with E-state index in [0.717, 1.165) is 32.5 Å². The number of nitrogens with one attached hydrogen (secondary N) is 1. The number of likely N-dealkylation sites (tertiary alicyclic amines) is 1. The minimum Gasteiger partial charge on any atom is -0.493 e. The van der Waals surface area contributed by atoms with Crippen LogP contribution < -0.4 is 14.8 Å². The second-order valence-corrected chi connectivity index (χ2v) is 6.74. The molecule has 0 spiro atoms. The van der Waals surface area contributed by atoms with Gasteiger partial charge in [0.2, 0.25) is 0 Å². The van der Waals surface area contributed by atoms with Crippen LogP contribution in [0.2, 0.25) is 0 Å². The van der Waals surface area contributed by atoms with Gasteiger partial charge in [-0.15, -0.1) is 0 Å². The minimum absolute atomic E-state index is 0.0429. The molecule has 1 amide bonds. The van der Waals surface area contributed by atoms with Crippen molar-refractivity contribution in [2.45, 2.75) is 39.7 Å². The number of methoxy groups -OCH3 is 1. The van der Waals surface area contributed by atoms with Crippen LogP contribution in [0.25, 0.3) is 0 Å². The summed E-state index contributed by atoms with van der Waals surface area (Å²) < 4.78 is 10.8. The Morgan fingerprint density at radius 1 is 1.29 bits per heavy atom. The van der Waals surface area contributed by atoms with Crippen molar-refractivity contribution < 1.29 is 14.3 Å². The molecule has 0 aliphatic carbocycles. The Labute approximate surface area is 145 Å². The van der Waals surface area contributed by atoms with E-state index in [4.69, 9.17) is 9.47 Å². The first-order valence-electron chi connectivity index (χ1n) is 8.87. The lowest BCUT2D eigenvalue weighted by molar-refractivity contribution is 0.0907. The van der Waals surface area contributed by atoms with E-state index in [2.05, 4.69) is 24.1 Å². The third kappa shape index (κ3) is 5.13. The lowest BCUT2D eigenvalue weighted by Gasteiger charge is -2.33. The van der Waals surface area contributed by atoms with Gasteiger partial charge in [0, 0.05) is 31.2 Å². The molecule has 0 bridgehead atoms. The fourth-order valence-electron chi connectivity index (χ4n) is 3.13. The Kier molecular flexibility index (Phi) is 6.91. The maximum Gasteiger partial charge on any atom is 0.251 e. The number of hydrogen-bond acceptors (Lipinski definition) is 4. The molecule has 0 radical (unpaired) electrons. The van der Waals surface area contributed by atoms with Crippen LogP contribution in [0.3, 0.4) is 0 Å². The van der Waals surface area contributed by atoms with E-state index in [1.54, 1.807) is 25.3 Å². The maximum atomic E-state index is 12.5. The van der Waals surface area contributed by atoms with E-state index in [0.29, 0.717) is 29.6 Å². The first-order chi connectivity index (χ1) is 11.5. The molecule has 5 nitrogen and oxygen atoms in total. The first-order valence-corrected chi connectivity index (χ1v) is 8.87. The van der Waals surface area contributed by atoms with E-state index >= 15 is 0 Å². The average Bonchev–Trinajstić information content (AvgIpc) is 2.56. The molecule has 5 heteroatoms. The van der Waals surface area contributed by atoms with E-state index < -0.39 is 0 Å². The molecule has 0 unspecified atom stereocenters. The van der Waals surface area contributed by atoms with E-state index in [1.165, 1.54) is 0 Å². The number of carbonyl (C=O) groups is 1. The van der Waals surface area contributed by atoms with Gasteiger partial charge in [-0.2, -0.15) is 0 Å². The lowest BCUT2D eigenvalue weighted by atomic mass is 10.0. The molecule has 2 rings (SSSR count). The predicted octanol–water partition coefficient (Wildman–Crippen LogP) is 2.94.